The lowest BCUT2D eigenvalue weighted by molar-refractivity contribution is -0.137. The van der Waals surface area contributed by atoms with Crippen LogP contribution in [0.3, 0.4) is 0 Å². The van der Waals surface area contributed by atoms with Crippen molar-refractivity contribution in [2.75, 3.05) is 11.1 Å². The van der Waals surface area contributed by atoms with Crippen LogP contribution in [0.4, 0.5) is 18.9 Å². The lowest BCUT2D eigenvalue weighted by Crippen LogP contribution is -2.15. The molecule has 0 aliphatic carbocycles. The molecule has 26 heavy (non-hydrogen) atoms. The minimum atomic E-state index is -4.59. The highest BCUT2D eigenvalue weighted by Crippen LogP contribution is 2.36. The number of carbonyl (C=O) groups is 1. The second-order valence-corrected chi connectivity index (χ2v) is 8.22. The van der Waals surface area contributed by atoms with Gasteiger partial charge in [-0.15, -0.1) is 11.3 Å². The minimum absolute atomic E-state index is 0.0114. The highest BCUT2D eigenvalue weighted by Gasteiger charge is 2.33. The van der Waals surface area contributed by atoms with Gasteiger partial charge in [0.25, 0.3) is 0 Å². The van der Waals surface area contributed by atoms with E-state index in [9.17, 15) is 18.0 Å². The number of anilines is 1. The van der Waals surface area contributed by atoms with Crippen LogP contribution < -0.4 is 5.32 Å². The number of alkyl halides is 3. The second-order valence-electron chi connectivity index (χ2n) is 5.12. The third-order valence-corrected chi connectivity index (χ3v) is 5.96. The third kappa shape index (κ3) is 4.62. The van der Waals surface area contributed by atoms with Crippen LogP contribution in [-0.4, -0.2) is 16.6 Å². The molecule has 1 heterocycles. The lowest BCUT2D eigenvalue weighted by atomic mass is 10.2. The highest BCUT2D eigenvalue weighted by molar-refractivity contribution is 8.01. The molecule has 0 radical (unpaired) electrons. The summed E-state index contributed by atoms with van der Waals surface area (Å²) >= 11 is 14.1. The van der Waals surface area contributed by atoms with Gasteiger partial charge in [-0.1, -0.05) is 35.0 Å². The largest absolute Gasteiger partial charge is 0.417 e. The summed E-state index contributed by atoms with van der Waals surface area (Å²) in [6, 6.07) is 8.55. The van der Waals surface area contributed by atoms with Gasteiger partial charge in [-0.25, -0.2) is 4.98 Å². The first-order valence-electron chi connectivity index (χ1n) is 7.08. The molecule has 0 atom stereocenters. The van der Waals surface area contributed by atoms with Crippen molar-refractivity contribution in [3.8, 4) is 0 Å². The zero-order chi connectivity index (χ0) is 18.9. The van der Waals surface area contributed by atoms with Crippen molar-refractivity contribution in [3.63, 3.8) is 0 Å². The molecule has 2 aromatic carbocycles. The number of hydrogen-bond acceptors (Lipinski definition) is 4. The molecule has 0 aliphatic heterocycles. The maximum Gasteiger partial charge on any atom is 0.417 e. The Labute approximate surface area is 164 Å². The Bertz CT molecular complexity index is 976. The summed E-state index contributed by atoms with van der Waals surface area (Å²) in [6.07, 6.45) is -4.59. The van der Waals surface area contributed by atoms with E-state index in [2.05, 4.69) is 10.3 Å². The summed E-state index contributed by atoms with van der Waals surface area (Å²) in [5.41, 5.74) is -0.228. The van der Waals surface area contributed by atoms with E-state index in [1.165, 1.54) is 29.2 Å². The van der Waals surface area contributed by atoms with Gasteiger partial charge in [-0.3, -0.25) is 4.79 Å². The summed E-state index contributed by atoms with van der Waals surface area (Å²) in [5, 5.41) is 2.58. The van der Waals surface area contributed by atoms with Crippen LogP contribution in [0.5, 0.6) is 0 Å². The van der Waals surface area contributed by atoms with Crippen molar-refractivity contribution in [2.24, 2.45) is 0 Å². The molecule has 0 aliphatic rings. The number of thiazole rings is 1. The first-order chi connectivity index (χ1) is 12.2. The summed E-state index contributed by atoms with van der Waals surface area (Å²) in [4.78, 5) is 16.4. The first kappa shape index (κ1) is 19.3. The SMILES string of the molecule is O=C(CSc1nc2cc(Cl)ccc2s1)Nc1ccc(Cl)c(C(F)(F)F)c1. The normalized spacial score (nSPS) is 11.7. The molecule has 0 spiro atoms. The van der Waals surface area contributed by atoms with Crippen molar-refractivity contribution >= 4 is 68.1 Å². The Hall–Kier alpha value is -1.48. The molecular weight excluding hydrogens is 428 g/mol. The number of rotatable bonds is 4. The van der Waals surface area contributed by atoms with E-state index < -0.39 is 22.7 Å². The summed E-state index contributed by atoms with van der Waals surface area (Å²) in [6.45, 7) is 0. The fourth-order valence-electron chi connectivity index (χ4n) is 2.09. The molecule has 3 nitrogen and oxygen atoms in total. The van der Waals surface area contributed by atoms with E-state index in [1.54, 1.807) is 12.1 Å². The summed E-state index contributed by atoms with van der Waals surface area (Å²) in [7, 11) is 0. The number of hydrogen-bond donors (Lipinski definition) is 1. The zero-order valence-corrected chi connectivity index (χ0v) is 15.9. The number of nitrogens with one attached hydrogen (secondary N) is 1. The number of benzene rings is 2. The standard InChI is InChI=1S/C16H9Cl2F3N2OS2/c17-8-1-4-13-12(5-8)23-15(26-13)25-7-14(24)22-9-2-3-11(18)10(6-9)16(19,20)21/h1-6H,7H2,(H,22,24). The van der Waals surface area contributed by atoms with Crippen molar-refractivity contribution < 1.29 is 18.0 Å². The van der Waals surface area contributed by atoms with Gasteiger partial charge in [0.2, 0.25) is 5.91 Å². The third-order valence-electron chi connectivity index (χ3n) is 3.21. The monoisotopic (exact) mass is 436 g/mol. The van der Waals surface area contributed by atoms with Crippen molar-refractivity contribution in [2.45, 2.75) is 10.5 Å². The average molecular weight is 437 g/mol. The molecule has 1 amide bonds. The Morgan fingerprint density at radius 1 is 1.19 bits per heavy atom. The fraction of sp³-hybridized carbons (Fsp3) is 0.125. The fourth-order valence-corrected chi connectivity index (χ4v) is 4.33. The van der Waals surface area contributed by atoms with E-state index >= 15 is 0 Å². The molecule has 136 valence electrons. The number of thioether (sulfide) groups is 1. The number of halogens is 5. The predicted molar refractivity (Wildman–Crippen MR) is 100 cm³/mol. The van der Waals surface area contributed by atoms with E-state index in [1.807, 2.05) is 6.07 Å². The van der Waals surface area contributed by atoms with E-state index in [0.29, 0.717) is 9.36 Å². The number of nitrogens with zero attached hydrogens (tertiary/aromatic N) is 1. The molecule has 3 rings (SSSR count). The van der Waals surface area contributed by atoms with E-state index in [0.717, 1.165) is 22.3 Å². The Morgan fingerprint density at radius 2 is 1.96 bits per heavy atom. The quantitative estimate of drug-likeness (QED) is 0.484. The number of fused-ring (bicyclic) bond motifs is 1. The maximum atomic E-state index is 12.8. The van der Waals surface area contributed by atoms with Crippen molar-refractivity contribution in [3.05, 3.63) is 52.0 Å². The van der Waals surface area contributed by atoms with E-state index in [-0.39, 0.29) is 11.4 Å². The molecular formula is C16H9Cl2F3N2OS2. The summed E-state index contributed by atoms with van der Waals surface area (Å²) in [5.74, 6) is -0.430. The van der Waals surface area contributed by atoms with Crippen molar-refractivity contribution in [1.82, 2.24) is 4.98 Å². The first-order valence-corrected chi connectivity index (χ1v) is 9.63. The van der Waals surface area contributed by atoms with Crippen LogP contribution in [-0.2, 0) is 11.0 Å². The van der Waals surface area contributed by atoms with Gasteiger partial charge in [-0.2, -0.15) is 13.2 Å². The van der Waals surface area contributed by atoms with Gasteiger partial charge in [0, 0.05) is 10.7 Å². The van der Waals surface area contributed by atoms with Gasteiger partial charge in [-0.05, 0) is 36.4 Å². The average Bonchev–Trinajstić information content (AvgIpc) is 2.95. The van der Waals surface area contributed by atoms with Crippen LogP contribution >= 0.6 is 46.3 Å². The molecule has 0 saturated heterocycles. The second kappa shape index (κ2) is 7.64. The number of carbonyl (C=O) groups excluding carboxylic acids is 1. The molecule has 1 aromatic heterocycles. The Balaban J connectivity index is 1.65. The molecule has 0 saturated carbocycles. The maximum absolute atomic E-state index is 12.8. The Morgan fingerprint density at radius 3 is 2.69 bits per heavy atom. The van der Waals surface area contributed by atoms with Crippen LogP contribution in [0.1, 0.15) is 5.56 Å². The van der Waals surface area contributed by atoms with Crippen LogP contribution in [0.25, 0.3) is 10.2 Å². The molecule has 1 N–H and O–H groups in total. The Kier molecular flexibility index (Phi) is 5.67. The van der Waals surface area contributed by atoms with E-state index in [4.69, 9.17) is 23.2 Å². The lowest BCUT2D eigenvalue weighted by Gasteiger charge is -2.11. The van der Waals surface area contributed by atoms with Crippen LogP contribution in [0.2, 0.25) is 10.0 Å². The smallest absolute Gasteiger partial charge is 0.325 e. The highest BCUT2D eigenvalue weighted by atomic mass is 35.5. The topological polar surface area (TPSA) is 42.0 Å². The van der Waals surface area contributed by atoms with Gasteiger partial charge < -0.3 is 5.32 Å². The zero-order valence-electron chi connectivity index (χ0n) is 12.7. The molecule has 10 heteroatoms. The van der Waals surface area contributed by atoms with Crippen LogP contribution in [0.15, 0.2) is 40.7 Å². The number of amides is 1. The molecule has 3 aromatic rings. The number of aromatic nitrogens is 1. The molecule has 0 bridgehead atoms. The van der Waals surface area contributed by atoms with Gasteiger partial charge in [0.1, 0.15) is 0 Å². The molecule has 0 unspecified atom stereocenters. The van der Waals surface area contributed by atoms with Gasteiger partial charge in [0.15, 0.2) is 4.34 Å². The van der Waals surface area contributed by atoms with Gasteiger partial charge >= 0.3 is 6.18 Å². The van der Waals surface area contributed by atoms with Crippen molar-refractivity contribution in [1.29, 1.82) is 0 Å². The predicted octanol–water partition coefficient (Wildman–Crippen LogP) is 6.35. The van der Waals surface area contributed by atoms with Crippen LogP contribution in [0, 0.1) is 0 Å². The molecule has 0 fully saturated rings. The minimum Gasteiger partial charge on any atom is -0.325 e. The van der Waals surface area contributed by atoms with Gasteiger partial charge in [0.05, 0.1) is 26.6 Å². The summed E-state index contributed by atoms with van der Waals surface area (Å²) < 4.78 is 40.1.